The van der Waals surface area contributed by atoms with Gasteiger partial charge in [-0.15, -0.1) is 0 Å². The monoisotopic (exact) mass is 321 g/mol. The number of nitrogens with zero attached hydrogens (tertiary/aromatic N) is 2. The highest BCUT2D eigenvalue weighted by atomic mass is 79.9. The van der Waals surface area contributed by atoms with E-state index in [1.54, 1.807) is 6.20 Å². The normalized spacial score (nSPS) is 20.6. The SMILES string of the molecule is Brc1ccc(C2CN(Cc3ncc[nH]3)CCO2)cc1. The fraction of sp³-hybridized carbons (Fsp3) is 0.357. The number of nitrogens with one attached hydrogen (secondary N) is 1. The number of aromatic amines is 1. The fourth-order valence-corrected chi connectivity index (χ4v) is 2.59. The molecule has 0 amide bonds. The Morgan fingerprint density at radius 2 is 2.21 bits per heavy atom. The van der Waals surface area contributed by atoms with Crippen molar-refractivity contribution >= 4 is 15.9 Å². The molecule has 100 valence electrons. The van der Waals surface area contributed by atoms with Crippen molar-refractivity contribution < 1.29 is 4.74 Å². The van der Waals surface area contributed by atoms with E-state index in [0.717, 1.165) is 36.5 Å². The summed E-state index contributed by atoms with van der Waals surface area (Å²) in [6.07, 6.45) is 3.81. The first-order valence-electron chi connectivity index (χ1n) is 6.39. The van der Waals surface area contributed by atoms with Gasteiger partial charge in [-0.05, 0) is 17.7 Å². The maximum absolute atomic E-state index is 5.87. The van der Waals surface area contributed by atoms with Gasteiger partial charge in [0.15, 0.2) is 0 Å². The molecular weight excluding hydrogens is 306 g/mol. The molecule has 1 unspecified atom stereocenters. The standard InChI is InChI=1S/C14H16BrN3O/c15-12-3-1-11(2-4-12)13-9-18(7-8-19-13)10-14-16-5-6-17-14/h1-6,13H,7-10H2,(H,16,17). The summed E-state index contributed by atoms with van der Waals surface area (Å²) in [6.45, 7) is 3.47. The van der Waals surface area contributed by atoms with E-state index in [9.17, 15) is 0 Å². The summed E-state index contributed by atoms with van der Waals surface area (Å²) >= 11 is 3.46. The molecule has 1 fully saturated rings. The molecule has 0 saturated carbocycles. The van der Waals surface area contributed by atoms with E-state index in [1.807, 2.05) is 6.20 Å². The van der Waals surface area contributed by atoms with Gasteiger partial charge >= 0.3 is 0 Å². The lowest BCUT2D eigenvalue weighted by Gasteiger charge is -2.32. The van der Waals surface area contributed by atoms with Crippen molar-refractivity contribution in [2.75, 3.05) is 19.7 Å². The molecule has 0 radical (unpaired) electrons. The van der Waals surface area contributed by atoms with Crippen LogP contribution in [0.2, 0.25) is 0 Å². The van der Waals surface area contributed by atoms with Crippen LogP contribution in [0.3, 0.4) is 0 Å². The lowest BCUT2D eigenvalue weighted by Crippen LogP contribution is -2.38. The average Bonchev–Trinajstić information content (AvgIpc) is 2.93. The van der Waals surface area contributed by atoms with Crippen LogP contribution < -0.4 is 0 Å². The Kier molecular flexibility index (Phi) is 3.96. The smallest absolute Gasteiger partial charge is 0.120 e. The predicted molar refractivity (Wildman–Crippen MR) is 76.7 cm³/mol. The van der Waals surface area contributed by atoms with E-state index in [2.05, 4.69) is 55.1 Å². The van der Waals surface area contributed by atoms with Crippen LogP contribution >= 0.6 is 15.9 Å². The Morgan fingerprint density at radius 3 is 2.95 bits per heavy atom. The molecule has 0 spiro atoms. The zero-order valence-corrected chi connectivity index (χ0v) is 12.1. The quantitative estimate of drug-likeness (QED) is 0.945. The summed E-state index contributed by atoms with van der Waals surface area (Å²) in [5.74, 6) is 1.01. The number of hydrogen-bond acceptors (Lipinski definition) is 3. The Hall–Kier alpha value is -1.17. The van der Waals surface area contributed by atoms with Crippen LogP contribution in [0.1, 0.15) is 17.5 Å². The van der Waals surface area contributed by atoms with Gasteiger partial charge in [-0.1, -0.05) is 28.1 Å². The lowest BCUT2D eigenvalue weighted by atomic mass is 10.1. The Labute approximate surface area is 120 Å². The van der Waals surface area contributed by atoms with Gasteiger partial charge in [0.25, 0.3) is 0 Å². The molecule has 1 aromatic heterocycles. The number of morpholine rings is 1. The molecule has 4 nitrogen and oxygen atoms in total. The van der Waals surface area contributed by atoms with E-state index in [0.29, 0.717) is 0 Å². The molecule has 1 saturated heterocycles. The van der Waals surface area contributed by atoms with E-state index in [-0.39, 0.29) is 6.10 Å². The molecule has 5 heteroatoms. The minimum absolute atomic E-state index is 0.150. The van der Waals surface area contributed by atoms with Crippen LogP contribution in [0.15, 0.2) is 41.1 Å². The summed E-state index contributed by atoms with van der Waals surface area (Å²) in [5.41, 5.74) is 1.23. The predicted octanol–water partition coefficient (Wildman–Crippen LogP) is 2.75. The third-order valence-electron chi connectivity index (χ3n) is 3.32. The topological polar surface area (TPSA) is 41.2 Å². The zero-order chi connectivity index (χ0) is 13.1. The first-order chi connectivity index (χ1) is 9.31. The van der Waals surface area contributed by atoms with Gasteiger partial charge in [-0.3, -0.25) is 4.90 Å². The van der Waals surface area contributed by atoms with Crippen LogP contribution in [0.25, 0.3) is 0 Å². The first-order valence-corrected chi connectivity index (χ1v) is 7.18. The Balaban J connectivity index is 1.66. The van der Waals surface area contributed by atoms with Gasteiger partial charge in [0.1, 0.15) is 5.82 Å². The van der Waals surface area contributed by atoms with Crippen molar-refractivity contribution in [1.29, 1.82) is 0 Å². The molecule has 1 aliphatic rings. The van der Waals surface area contributed by atoms with Crippen molar-refractivity contribution in [3.63, 3.8) is 0 Å². The maximum Gasteiger partial charge on any atom is 0.120 e. The molecule has 1 aromatic carbocycles. The van der Waals surface area contributed by atoms with Crippen LogP contribution in [0.5, 0.6) is 0 Å². The van der Waals surface area contributed by atoms with E-state index >= 15 is 0 Å². The third-order valence-corrected chi connectivity index (χ3v) is 3.85. The molecule has 19 heavy (non-hydrogen) atoms. The molecule has 1 atom stereocenters. The summed E-state index contributed by atoms with van der Waals surface area (Å²) < 4.78 is 6.96. The van der Waals surface area contributed by atoms with Gasteiger partial charge in [-0.2, -0.15) is 0 Å². The van der Waals surface area contributed by atoms with Crippen LogP contribution in [0.4, 0.5) is 0 Å². The number of rotatable bonds is 3. The Morgan fingerprint density at radius 1 is 1.37 bits per heavy atom. The van der Waals surface area contributed by atoms with Gasteiger partial charge in [0.05, 0.1) is 19.3 Å². The second-order valence-corrected chi connectivity index (χ2v) is 5.60. The highest BCUT2D eigenvalue weighted by molar-refractivity contribution is 9.10. The minimum Gasteiger partial charge on any atom is -0.371 e. The third kappa shape index (κ3) is 3.23. The van der Waals surface area contributed by atoms with Crippen LogP contribution in [0, 0.1) is 0 Å². The number of aromatic nitrogens is 2. The largest absolute Gasteiger partial charge is 0.371 e. The lowest BCUT2D eigenvalue weighted by molar-refractivity contribution is -0.0336. The second kappa shape index (κ2) is 5.86. The Bertz CT molecular complexity index is 512. The number of hydrogen-bond donors (Lipinski definition) is 1. The molecule has 0 bridgehead atoms. The number of halogens is 1. The van der Waals surface area contributed by atoms with Crippen molar-refractivity contribution in [3.05, 3.63) is 52.5 Å². The summed E-state index contributed by atoms with van der Waals surface area (Å²) in [4.78, 5) is 9.79. The molecule has 2 heterocycles. The average molecular weight is 322 g/mol. The highest BCUT2D eigenvalue weighted by Gasteiger charge is 2.22. The van der Waals surface area contributed by atoms with E-state index < -0.39 is 0 Å². The number of H-pyrrole nitrogens is 1. The van der Waals surface area contributed by atoms with Gasteiger partial charge < -0.3 is 9.72 Å². The van der Waals surface area contributed by atoms with Crippen LogP contribution in [-0.4, -0.2) is 34.6 Å². The van der Waals surface area contributed by atoms with E-state index in [4.69, 9.17) is 4.74 Å². The van der Waals surface area contributed by atoms with Crippen molar-refractivity contribution in [3.8, 4) is 0 Å². The minimum atomic E-state index is 0.150. The molecular formula is C14H16BrN3O. The highest BCUT2D eigenvalue weighted by Crippen LogP contribution is 2.24. The molecule has 3 rings (SSSR count). The van der Waals surface area contributed by atoms with Crippen LogP contribution in [-0.2, 0) is 11.3 Å². The summed E-state index contributed by atoms with van der Waals surface area (Å²) in [6, 6.07) is 8.35. The number of benzene rings is 1. The van der Waals surface area contributed by atoms with Gasteiger partial charge in [0, 0.05) is 30.0 Å². The first kappa shape index (κ1) is 12.8. The van der Waals surface area contributed by atoms with Crippen molar-refractivity contribution in [2.45, 2.75) is 12.6 Å². The number of imidazole rings is 1. The second-order valence-electron chi connectivity index (χ2n) is 4.68. The molecule has 1 N–H and O–H groups in total. The maximum atomic E-state index is 5.87. The van der Waals surface area contributed by atoms with E-state index in [1.165, 1.54) is 5.56 Å². The molecule has 2 aromatic rings. The molecule has 1 aliphatic heterocycles. The van der Waals surface area contributed by atoms with Gasteiger partial charge in [-0.25, -0.2) is 4.98 Å². The number of ether oxygens (including phenoxy) is 1. The van der Waals surface area contributed by atoms with Crippen molar-refractivity contribution in [1.82, 2.24) is 14.9 Å². The molecule has 0 aliphatic carbocycles. The van der Waals surface area contributed by atoms with Crippen molar-refractivity contribution in [2.24, 2.45) is 0 Å². The summed E-state index contributed by atoms with van der Waals surface area (Å²) in [5, 5.41) is 0. The fourth-order valence-electron chi connectivity index (χ4n) is 2.32. The summed E-state index contributed by atoms with van der Waals surface area (Å²) in [7, 11) is 0. The zero-order valence-electron chi connectivity index (χ0n) is 10.6. The van der Waals surface area contributed by atoms with Gasteiger partial charge in [0.2, 0.25) is 0 Å².